The number of nitrogens with one attached hydrogen (secondary N) is 2. The van der Waals surface area contributed by atoms with Gasteiger partial charge in [-0.2, -0.15) is 0 Å². The maximum atomic E-state index is 10.8. The Morgan fingerprint density at radius 3 is 2.73 bits per heavy atom. The lowest BCUT2D eigenvalue weighted by molar-refractivity contribution is 0.0657. The Kier molecular flexibility index (Phi) is 8.94. The van der Waals surface area contributed by atoms with E-state index in [9.17, 15) is 5.11 Å². The largest absolute Gasteiger partial charge is 0.469 e. The highest BCUT2D eigenvalue weighted by atomic mass is 127. The second-order valence-electron chi connectivity index (χ2n) is 6.19. The first-order valence-electron chi connectivity index (χ1n) is 8.37. The molecule has 6 nitrogen and oxygen atoms in total. The van der Waals surface area contributed by atoms with Crippen LogP contribution in [0.3, 0.4) is 0 Å². The molecule has 0 fully saturated rings. The first kappa shape index (κ1) is 22.3. The number of nitrogens with zero attached hydrogens (tertiary/aromatic N) is 1. The molecule has 26 heavy (non-hydrogen) atoms. The topological polar surface area (TPSA) is 82.9 Å². The summed E-state index contributed by atoms with van der Waals surface area (Å²) in [6.45, 7) is 10.6. The van der Waals surface area contributed by atoms with Gasteiger partial charge in [-0.05, 0) is 39.0 Å². The first-order valence-corrected chi connectivity index (χ1v) is 8.37. The highest BCUT2D eigenvalue weighted by Crippen LogP contribution is 2.27. The maximum absolute atomic E-state index is 10.8. The normalized spacial score (nSPS) is 13.6. The summed E-state index contributed by atoms with van der Waals surface area (Å²) >= 11 is 0. The number of furan rings is 2. The summed E-state index contributed by atoms with van der Waals surface area (Å²) in [6.07, 6.45) is 4.16. The van der Waals surface area contributed by atoms with Crippen LogP contribution in [-0.2, 0) is 12.0 Å². The fraction of sp³-hybridized carbons (Fsp3) is 0.421. The summed E-state index contributed by atoms with van der Waals surface area (Å²) < 4.78 is 10.8. The van der Waals surface area contributed by atoms with Crippen LogP contribution < -0.4 is 10.6 Å². The van der Waals surface area contributed by atoms with E-state index in [1.54, 1.807) is 19.3 Å². The maximum Gasteiger partial charge on any atom is 0.191 e. The minimum absolute atomic E-state index is 0. The third kappa shape index (κ3) is 6.53. The number of aliphatic hydroxyl groups is 1. The van der Waals surface area contributed by atoms with E-state index in [0.717, 1.165) is 23.5 Å². The Balaban J connectivity index is 0.00000338. The summed E-state index contributed by atoms with van der Waals surface area (Å²) in [6, 6.07) is 5.66. The molecule has 1 unspecified atom stereocenters. The molecule has 2 rings (SSSR count). The molecular weight excluding hydrogens is 445 g/mol. The molecule has 0 saturated heterocycles. The molecular formula is C19H28IN3O3. The molecule has 0 bridgehead atoms. The molecule has 0 amide bonds. The summed E-state index contributed by atoms with van der Waals surface area (Å²) in [5, 5.41) is 17.2. The van der Waals surface area contributed by atoms with E-state index in [1.165, 1.54) is 0 Å². The van der Waals surface area contributed by atoms with Crippen molar-refractivity contribution in [1.29, 1.82) is 0 Å². The molecule has 3 N–H and O–H groups in total. The van der Waals surface area contributed by atoms with Crippen molar-refractivity contribution in [3.05, 3.63) is 60.0 Å². The number of aliphatic imine (C=N–C) groups is 1. The van der Waals surface area contributed by atoms with Crippen LogP contribution in [0.15, 0.2) is 50.9 Å². The van der Waals surface area contributed by atoms with Gasteiger partial charge in [0.05, 0.1) is 12.8 Å². The molecule has 144 valence electrons. The molecule has 0 aromatic carbocycles. The smallest absolute Gasteiger partial charge is 0.191 e. The van der Waals surface area contributed by atoms with Crippen LogP contribution in [0.25, 0.3) is 0 Å². The molecule has 1 atom stereocenters. The average molecular weight is 473 g/mol. The first-order chi connectivity index (χ1) is 11.9. The predicted octanol–water partition coefficient (Wildman–Crippen LogP) is 3.28. The summed E-state index contributed by atoms with van der Waals surface area (Å²) in [5.41, 5.74) is -0.349. The third-order valence-electron chi connectivity index (χ3n) is 3.82. The van der Waals surface area contributed by atoms with E-state index in [2.05, 4.69) is 22.2 Å². The molecule has 7 heteroatoms. The highest BCUT2D eigenvalue weighted by molar-refractivity contribution is 14.0. The SMILES string of the molecule is C=CCNC(=NCC(C)(O)c1cc(C)oc1C)NCCc1ccco1.I. The number of aryl methyl sites for hydroxylation is 2. The molecule has 2 aromatic heterocycles. The Morgan fingerprint density at radius 2 is 2.15 bits per heavy atom. The molecule has 0 aliphatic heterocycles. The van der Waals surface area contributed by atoms with Crippen LogP contribution in [0, 0.1) is 13.8 Å². The Morgan fingerprint density at radius 1 is 1.38 bits per heavy atom. The van der Waals surface area contributed by atoms with E-state index < -0.39 is 5.60 Å². The van der Waals surface area contributed by atoms with Crippen LogP contribution >= 0.6 is 24.0 Å². The predicted molar refractivity (Wildman–Crippen MR) is 114 cm³/mol. The quantitative estimate of drug-likeness (QED) is 0.237. The fourth-order valence-corrected chi connectivity index (χ4v) is 2.59. The van der Waals surface area contributed by atoms with Gasteiger partial charge in [-0.1, -0.05) is 6.08 Å². The van der Waals surface area contributed by atoms with Gasteiger partial charge >= 0.3 is 0 Å². The minimum atomic E-state index is -1.11. The lowest BCUT2D eigenvalue weighted by Gasteiger charge is -2.21. The Hall–Kier alpha value is -1.74. The van der Waals surface area contributed by atoms with E-state index in [0.29, 0.717) is 24.8 Å². The highest BCUT2D eigenvalue weighted by Gasteiger charge is 2.27. The second-order valence-corrected chi connectivity index (χ2v) is 6.19. The van der Waals surface area contributed by atoms with Gasteiger partial charge in [0.2, 0.25) is 0 Å². The number of rotatable bonds is 8. The van der Waals surface area contributed by atoms with Crippen molar-refractivity contribution in [3.63, 3.8) is 0 Å². The molecule has 0 radical (unpaired) electrons. The third-order valence-corrected chi connectivity index (χ3v) is 3.82. The summed E-state index contributed by atoms with van der Waals surface area (Å²) in [5.74, 6) is 3.01. The van der Waals surface area contributed by atoms with Crippen molar-refractivity contribution in [1.82, 2.24) is 10.6 Å². The lowest BCUT2D eigenvalue weighted by Crippen LogP contribution is -2.40. The van der Waals surface area contributed by atoms with Crippen molar-refractivity contribution in [3.8, 4) is 0 Å². The van der Waals surface area contributed by atoms with E-state index in [1.807, 2.05) is 32.0 Å². The zero-order valence-electron chi connectivity index (χ0n) is 15.5. The summed E-state index contributed by atoms with van der Waals surface area (Å²) in [7, 11) is 0. The zero-order chi connectivity index (χ0) is 18.3. The number of halogens is 1. The molecule has 0 aliphatic rings. The van der Waals surface area contributed by atoms with E-state index in [-0.39, 0.29) is 30.5 Å². The van der Waals surface area contributed by atoms with Crippen molar-refractivity contribution >= 4 is 29.9 Å². The number of hydrogen-bond acceptors (Lipinski definition) is 4. The van der Waals surface area contributed by atoms with Gasteiger partial charge in [-0.25, -0.2) is 4.99 Å². The van der Waals surface area contributed by atoms with Crippen molar-refractivity contribution < 1.29 is 13.9 Å². The van der Waals surface area contributed by atoms with Crippen molar-refractivity contribution in [2.24, 2.45) is 4.99 Å². The van der Waals surface area contributed by atoms with Crippen LogP contribution in [0.1, 0.15) is 29.8 Å². The zero-order valence-corrected chi connectivity index (χ0v) is 17.9. The average Bonchev–Trinajstić information content (AvgIpc) is 3.19. The van der Waals surface area contributed by atoms with Gasteiger partial charge < -0.3 is 24.6 Å². The van der Waals surface area contributed by atoms with Gasteiger partial charge in [0.15, 0.2) is 5.96 Å². The van der Waals surface area contributed by atoms with Crippen LogP contribution in [0.2, 0.25) is 0 Å². The molecule has 0 aliphatic carbocycles. The van der Waals surface area contributed by atoms with Crippen molar-refractivity contribution in [2.75, 3.05) is 19.6 Å². The minimum Gasteiger partial charge on any atom is -0.469 e. The second kappa shape index (κ2) is 10.4. The van der Waals surface area contributed by atoms with E-state index in [4.69, 9.17) is 8.83 Å². The van der Waals surface area contributed by atoms with Gasteiger partial charge in [-0.3, -0.25) is 0 Å². The van der Waals surface area contributed by atoms with Crippen LogP contribution in [0.5, 0.6) is 0 Å². The van der Waals surface area contributed by atoms with E-state index >= 15 is 0 Å². The van der Waals surface area contributed by atoms with Gasteiger partial charge in [0, 0.05) is 25.1 Å². The lowest BCUT2D eigenvalue weighted by atomic mass is 9.96. The van der Waals surface area contributed by atoms with Gasteiger partial charge in [-0.15, -0.1) is 30.6 Å². The molecule has 2 heterocycles. The standard InChI is InChI=1S/C19H27N3O3.HI/c1-5-9-20-18(21-10-8-16-7-6-11-24-16)22-13-19(4,23)17-12-14(2)25-15(17)3;/h5-7,11-12,23H,1,8-10,13H2,2-4H3,(H2,20,21,22);1H. The number of guanidine groups is 1. The molecule has 2 aromatic rings. The Bertz CT molecular complexity index is 706. The van der Waals surface area contributed by atoms with Crippen LogP contribution in [-0.4, -0.2) is 30.7 Å². The monoisotopic (exact) mass is 473 g/mol. The van der Waals surface area contributed by atoms with Crippen molar-refractivity contribution in [2.45, 2.75) is 32.8 Å². The van der Waals surface area contributed by atoms with Gasteiger partial charge in [0.1, 0.15) is 22.9 Å². The van der Waals surface area contributed by atoms with Crippen LogP contribution in [0.4, 0.5) is 0 Å². The molecule has 0 spiro atoms. The fourth-order valence-electron chi connectivity index (χ4n) is 2.59. The van der Waals surface area contributed by atoms with Gasteiger partial charge in [0.25, 0.3) is 0 Å². The Labute approximate surface area is 171 Å². The molecule has 0 saturated carbocycles. The summed E-state index contributed by atoms with van der Waals surface area (Å²) in [4.78, 5) is 4.50. The number of hydrogen-bond donors (Lipinski definition) is 3.